The topological polar surface area (TPSA) is 95.9 Å². The van der Waals surface area contributed by atoms with Crippen LogP contribution in [0.2, 0.25) is 0 Å². The van der Waals surface area contributed by atoms with Crippen molar-refractivity contribution in [2.75, 3.05) is 13.2 Å². The summed E-state index contributed by atoms with van der Waals surface area (Å²) in [5.74, 6) is -0.0415. The predicted octanol–water partition coefficient (Wildman–Crippen LogP) is 18.0. The van der Waals surface area contributed by atoms with Crippen LogP contribution in [-0.2, 0) is 14.3 Å². The number of unbranched alkanes of at least 4 members (excludes halogenated alkanes) is 37. The summed E-state index contributed by atoms with van der Waals surface area (Å²) < 4.78 is 5.47. The second-order valence-corrected chi connectivity index (χ2v) is 20.0. The Bertz CT molecular complexity index is 1070. The second kappa shape index (κ2) is 55.7. The summed E-state index contributed by atoms with van der Waals surface area (Å²) in [7, 11) is 0. The van der Waals surface area contributed by atoms with E-state index >= 15 is 0 Å². The minimum absolute atomic E-state index is 0.000923. The van der Waals surface area contributed by atoms with E-state index in [1.165, 1.54) is 225 Å². The number of ether oxygens (including phenoxy) is 1. The van der Waals surface area contributed by atoms with E-state index in [2.05, 4.69) is 55.6 Å². The number of aliphatic hydroxyl groups excluding tert-OH is 2. The smallest absolute Gasteiger partial charge is 0.305 e. The van der Waals surface area contributed by atoms with Crippen LogP contribution < -0.4 is 5.32 Å². The number of hydrogen-bond donors (Lipinski definition) is 3. The third-order valence-corrected chi connectivity index (χ3v) is 13.4. The summed E-state index contributed by atoms with van der Waals surface area (Å²) in [4.78, 5) is 24.4. The van der Waals surface area contributed by atoms with Gasteiger partial charge in [-0.2, -0.15) is 0 Å². The molecule has 6 heteroatoms. The number of nitrogens with one attached hydrogen (secondary N) is 1. The molecule has 1 amide bonds. The molecule has 2 atom stereocenters. The van der Waals surface area contributed by atoms with Gasteiger partial charge in [-0.1, -0.05) is 249 Å². The molecule has 0 aromatic rings. The lowest BCUT2D eigenvalue weighted by molar-refractivity contribution is -0.143. The number of carbonyl (C=O) groups is 2. The summed E-state index contributed by atoms with van der Waals surface area (Å²) in [5, 5.41) is 23.1. The van der Waals surface area contributed by atoms with Gasteiger partial charge in [-0.25, -0.2) is 0 Å². The van der Waals surface area contributed by atoms with E-state index < -0.39 is 12.1 Å². The van der Waals surface area contributed by atoms with Crippen molar-refractivity contribution in [1.29, 1.82) is 0 Å². The molecule has 0 bridgehead atoms. The van der Waals surface area contributed by atoms with Crippen LogP contribution in [0.1, 0.15) is 309 Å². The number of carbonyl (C=O) groups excluding carboxylic acids is 2. The first-order valence-corrected chi connectivity index (χ1v) is 29.2. The minimum atomic E-state index is -0.664. The first-order chi connectivity index (χ1) is 32.5. The molecule has 0 saturated heterocycles. The minimum Gasteiger partial charge on any atom is -0.466 e. The van der Waals surface area contributed by atoms with Crippen LogP contribution in [0.4, 0.5) is 0 Å². The number of aliphatic hydroxyl groups is 2. The lowest BCUT2D eigenvalue weighted by Gasteiger charge is -2.22. The first-order valence-electron chi connectivity index (χ1n) is 29.2. The fourth-order valence-corrected chi connectivity index (χ4v) is 8.90. The molecule has 0 saturated carbocycles. The molecular formula is C60H113NO5. The quantitative estimate of drug-likeness (QED) is 0.0321. The number of allylic oxidation sites excluding steroid dienone is 6. The van der Waals surface area contributed by atoms with Gasteiger partial charge in [0.05, 0.1) is 25.4 Å². The molecule has 3 N–H and O–H groups in total. The normalized spacial score (nSPS) is 12.8. The van der Waals surface area contributed by atoms with E-state index in [1.807, 2.05) is 0 Å². The van der Waals surface area contributed by atoms with Gasteiger partial charge in [0.25, 0.3) is 0 Å². The molecule has 388 valence electrons. The predicted molar refractivity (Wildman–Crippen MR) is 287 cm³/mol. The van der Waals surface area contributed by atoms with Gasteiger partial charge in [0.15, 0.2) is 0 Å². The van der Waals surface area contributed by atoms with Crippen LogP contribution in [0, 0.1) is 0 Å². The number of amides is 1. The molecule has 2 unspecified atom stereocenters. The van der Waals surface area contributed by atoms with Crippen molar-refractivity contribution in [2.45, 2.75) is 321 Å². The fraction of sp³-hybridized carbons (Fsp3) is 0.867. The highest BCUT2D eigenvalue weighted by atomic mass is 16.5. The summed E-state index contributed by atoms with van der Waals surface area (Å²) in [6.07, 6.45) is 68.7. The molecule has 0 aliphatic heterocycles. The molecule has 0 fully saturated rings. The summed E-state index contributed by atoms with van der Waals surface area (Å²) in [5.41, 5.74) is 0. The number of hydrogen-bond acceptors (Lipinski definition) is 5. The molecule has 0 aliphatic rings. The van der Waals surface area contributed by atoms with E-state index in [9.17, 15) is 19.8 Å². The van der Waals surface area contributed by atoms with Gasteiger partial charge in [0.2, 0.25) is 5.91 Å². The van der Waals surface area contributed by atoms with Crippen LogP contribution in [0.5, 0.6) is 0 Å². The highest BCUT2D eigenvalue weighted by Gasteiger charge is 2.20. The Morgan fingerprint density at radius 1 is 0.424 bits per heavy atom. The molecule has 0 aromatic carbocycles. The Morgan fingerprint density at radius 2 is 0.758 bits per heavy atom. The Balaban J connectivity index is 3.37. The van der Waals surface area contributed by atoms with Crippen molar-refractivity contribution in [3.63, 3.8) is 0 Å². The van der Waals surface area contributed by atoms with Crippen molar-refractivity contribution < 1.29 is 24.5 Å². The van der Waals surface area contributed by atoms with Crippen molar-refractivity contribution in [3.8, 4) is 0 Å². The van der Waals surface area contributed by atoms with Crippen molar-refractivity contribution in [1.82, 2.24) is 5.32 Å². The van der Waals surface area contributed by atoms with E-state index in [1.54, 1.807) is 0 Å². The van der Waals surface area contributed by atoms with Crippen molar-refractivity contribution in [3.05, 3.63) is 36.5 Å². The van der Waals surface area contributed by atoms with Crippen LogP contribution in [0.3, 0.4) is 0 Å². The molecule has 0 aromatic heterocycles. The average molecular weight is 929 g/mol. The second-order valence-electron chi connectivity index (χ2n) is 20.0. The molecular weight excluding hydrogens is 815 g/mol. The van der Waals surface area contributed by atoms with Gasteiger partial charge in [-0.15, -0.1) is 0 Å². The van der Waals surface area contributed by atoms with Gasteiger partial charge in [-0.3, -0.25) is 9.59 Å². The third-order valence-electron chi connectivity index (χ3n) is 13.4. The maximum Gasteiger partial charge on any atom is 0.305 e. The van der Waals surface area contributed by atoms with Crippen LogP contribution >= 0.6 is 0 Å². The molecule has 0 radical (unpaired) electrons. The summed E-state index contributed by atoms with van der Waals surface area (Å²) in [6, 6.07) is -0.542. The molecule has 0 spiro atoms. The average Bonchev–Trinajstić information content (AvgIpc) is 3.32. The van der Waals surface area contributed by atoms with Crippen LogP contribution in [0.25, 0.3) is 0 Å². The zero-order chi connectivity index (χ0) is 47.9. The summed E-state index contributed by atoms with van der Waals surface area (Å²) >= 11 is 0. The van der Waals surface area contributed by atoms with E-state index in [0.29, 0.717) is 25.9 Å². The molecule has 0 aliphatic carbocycles. The standard InChI is InChI=1S/C60H113NO5/c1-3-5-7-9-11-13-14-15-27-31-34-38-42-46-50-54-60(65)66-55-51-47-43-39-35-32-29-26-24-22-20-18-16-17-19-21-23-25-28-30-33-37-41-45-49-53-59(64)61-57(56-62)58(63)52-48-44-40-36-12-10-8-6-4-2/h11,13,15,17,19,27,57-58,62-63H,3-10,12,14,16,18,20-26,28-56H2,1-2H3,(H,61,64)/b13-11-,19-17-,27-15-. The third kappa shape index (κ3) is 51.5. The molecule has 6 nitrogen and oxygen atoms in total. The van der Waals surface area contributed by atoms with E-state index in [0.717, 1.165) is 51.4 Å². The Kier molecular flexibility index (Phi) is 54.1. The molecule has 0 heterocycles. The Morgan fingerprint density at radius 3 is 1.20 bits per heavy atom. The van der Waals surface area contributed by atoms with Crippen LogP contribution in [0.15, 0.2) is 36.5 Å². The fourth-order valence-electron chi connectivity index (χ4n) is 8.90. The maximum absolute atomic E-state index is 12.4. The number of rotatable bonds is 54. The molecule has 0 rings (SSSR count). The van der Waals surface area contributed by atoms with Gasteiger partial charge in [0.1, 0.15) is 0 Å². The zero-order valence-electron chi connectivity index (χ0n) is 44.2. The zero-order valence-corrected chi connectivity index (χ0v) is 44.2. The SMILES string of the molecule is CCCCC/C=C\C/C=C\CCCCCCCC(=O)OCCCCCCCCCCCCCC/C=C\CCCCCCCCCCCC(=O)NC(CO)C(O)CCCCCCCCCCC. The summed E-state index contributed by atoms with van der Waals surface area (Å²) in [6.45, 7) is 4.90. The lowest BCUT2D eigenvalue weighted by Crippen LogP contribution is -2.45. The van der Waals surface area contributed by atoms with Gasteiger partial charge in [-0.05, 0) is 83.5 Å². The Hall–Kier alpha value is -1.92. The maximum atomic E-state index is 12.4. The van der Waals surface area contributed by atoms with Gasteiger partial charge in [0, 0.05) is 12.8 Å². The highest BCUT2D eigenvalue weighted by molar-refractivity contribution is 5.76. The molecule has 66 heavy (non-hydrogen) atoms. The van der Waals surface area contributed by atoms with Gasteiger partial charge >= 0.3 is 5.97 Å². The monoisotopic (exact) mass is 928 g/mol. The van der Waals surface area contributed by atoms with Crippen molar-refractivity contribution >= 4 is 11.9 Å². The Labute approximate surface area is 411 Å². The first kappa shape index (κ1) is 64.1. The highest BCUT2D eigenvalue weighted by Crippen LogP contribution is 2.16. The van der Waals surface area contributed by atoms with Crippen LogP contribution in [-0.4, -0.2) is 47.4 Å². The lowest BCUT2D eigenvalue weighted by atomic mass is 10.0. The largest absolute Gasteiger partial charge is 0.466 e. The van der Waals surface area contributed by atoms with E-state index in [-0.39, 0.29) is 18.5 Å². The van der Waals surface area contributed by atoms with Crippen molar-refractivity contribution in [2.24, 2.45) is 0 Å². The number of esters is 1. The van der Waals surface area contributed by atoms with Gasteiger partial charge < -0.3 is 20.3 Å². The van der Waals surface area contributed by atoms with E-state index in [4.69, 9.17) is 4.74 Å².